The highest BCUT2D eigenvalue weighted by Crippen LogP contribution is 2.15. The largest absolute Gasteiger partial charge is 0.361 e. The first-order valence-corrected chi connectivity index (χ1v) is 8.17. The van der Waals surface area contributed by atoms with E-state index in [-0.39, 0.29) is 6.03 Å². The second-order valence-corrected chi connectivity index (χ2v) is 6.15. The van der Waals surface area contributed by atoms with E-state index in [0.29, 0.717) is 19.1 Å². The third-order valence-electron chi connectivity index (χ3n) is 4.54. The molecule has 2 amide bonds. The highest BCUT2D eigenvalue weighted by Gasteiger charge is 2.22. The van der Waals surface area contributed by atoms with Gasteiger partial charge in [0.25, 0.3) is 0 Å². The summed E-state index contributed by atoms with van der Waals surface area (Å²) in [7, 11) is 1.80. The van der Waals surface area contributed by atoms with E-state index >= 15 is 0 Å². The molecule has 0 bridgehead atoms. The summed E-state index contributed by atoms with van der Waals surface area (Å²) in [5, 5.41) is 6.98. The number of hydrogen-bond acceptors (Lipinski definition) is 4. The van der Waals surface area contributed by atoms with E-state index in [0.717, 1.165) is 36.5 Å². The molecule has 124 valence electrons. The van der Waals surface area contributed by atoms with Gasteiger partial charge in [-0.2, -0.15) is 0 Å². The molecule has 6 nitrogen and oxygen atoms in total. The fourth-order valence-corrected chi connectivity index (χ4v) is 3.02. The fraction of sp³-hybridized carbons (Fsp3) is 0.750. The molecule has 0 aliphatic carbocycles. The summed E-state index contributed by atoms with van der Waals surface area (Å²) in [4.78, 5) is 16.4. The molecule has 1 aliphatic rings. The molecule has 0 saturated carbocycles. The van der Waals surface area contributed by atoms with E-state index in [4.69, 9.17) is 4.52 Å². The minimum absolute atomic E-state index is 0.0438. The van der Waals surface area contributed by atoms with Crippen LogP contribution in [0.2, 0.25) is 0 Å². The quantitative estimate of drug-likeness (QED) is 0.876. The van der Waals surface area contributed by atoms with Gasteiger partial charge < -0.3 is 14.7 Å². The van der Waals surface area contributed by atoms with Gasteiger partial charge in [0.05, 0.1) is 12.2 Å². The zero-order valence-corrected chi connectivity index (χ0v) is 14.2. The van der Waals surface area contributed by atoms with Crippen molar-refractivity contribution in [3.05, 3.63) is 17.0 Å². The van der Waals surface area contributed by atoms with Gasteiger partial charge in [0.15, 0.2) is 0 Å². The predicted octanol–water partition coefficient (Wildman–Crippen LogP) is 2.31. The number of hydrogen-bond donors (Lipinski definition) is 1. The van der Waals surface area contributed by atoms with Crippen LogP contribution >= 0.6 is 0 Å². The van der Waals surface area contributed by atoms with Crippen LogP contribution in [0.5, 0.6) is 0 Å². The van der Waals surface area contributed by atoms with E-state index in [2.05, 4.69) is 22.3 Å². The minimum Gasteiger partial charge on any atom is -0.361 e. The van der Waals surface area contributed by atoms with Crippen molar-refractivity contribution in [1.82, 2.24) is 20.3 Å². The highest BCUT2D eigenvalue weighted by molar-refractivity contribution is 5.73. The first-order valence-electron chi connectivity index (χ1n) is 8.17. The molecular weight excluding hydrogens is 280 g/mol. The number of aryl methyl sites for hydroxylation is 2. The molecule has 0 spiro atoms. The Bertz CT molecular complexity index is 475. The second kappa shape index (κ2) is 7.63. The molecule has 6 heteroatoms. The topological polar surface area (TPSA) is 61.6 Å². The zero-order valence-electron chi connectivity index (χ0n) is 14.2. The van der Waals surface area contributed by atoms with Crippen LogP contribution in [0, 0.1) is 13.8 Å². The van der Waals surface area contributed by atoms with Crippen molar-refractivity contribution in [2.75, 3.05) is 26.7 Å². The number of nitrogens with one attached hydrogen (secondary N) is 1. The first-order chi connectivity index (χ1) is 10.5. The number of amides is 2. The molecule has 2 heterocycles. The maximum Gasteiger partial charge on any atom is 0.317 e. The number of likely N-dealkylation sites (tertiary alicyclic amines) is 1. The van der Waals surface area contributed by atoms with Crippen molar-refractivity contribution in [3.63, 3.8) is 0 Å². The van der Waals surface area contributed by atoms with E-state index in [1.807, 2.05) is 13.8 Å². The number of carbonyl (C=O) groups is 1. The van der Waals surface area contributed by atoms with E-state index in [1.54, 1.807) is 11.9 Å². The van der Waals surface area contributed by atoms with Gasteiger partial charge in [-0.1, -0.05) is 12.1 Å². The summed E-state index contributed by atoms with van der Waals surface area (Å²) in [5.41, 5.74) is 1.84. The molecule has 1 aromatic heterocycles. The van der Waals surface area contributed by atoms with Crippen molar-refractivity contribution >= 4 is 6.03 Å². The summed E-state index contributed by atoms with van der Waals surface area (Å²) in [6, 6.07) is 0.400. The van der Waals surface area contributed by atoms with Crippen LogP contribution in [0.1, 0.15) is 43.2 Å². The maximum absolute atomic E-state index is 12.3. The van der Waals surface area contributed by atoms with Gasteiger partial charge >= 0.3 is 6.03 Å². The van der Waals surface area contributed by atoms with Crippen LogP contribution in [-0.4, -0.2) is 53.7 Å². The molecular formula is C16H28N4O2. The van der Waals surface area contributed by atoms with Crippen LogP contribution in [0.15, 0.2) is 4.52 Å². The smallest absolute Gasteiger partial charge is 0.317 e. The molecule has 1 fully saturated rings. The summed E-state index contributed by atoms with van der Waals surface area (Å²) < 4.78 is 5.14. The SMILES string of the molecule is CC[C@@H](CNC(=O)N(C)Cc1c(C)noc1C)N1CCCC1. The van der Waals surface area contributed by atoms with Gasteiger partial charge in [0.1, 0.15) is 5.76 Å². The number of rotatable bonds is 6. The Morgan fingerprint density at radius 1 is 1.41 bits per heavy atom. The zero-order chi connectivity index (χ0) is 16.1. The lowest BCUT2D eigenvalue weighted by atomic mass is 10.2. The number of aromatic nitrogens is 1. The van der Waals surface area contributed by atoms with Crippen LogP contribution < -0.4 is 5.32 Å². The predicted molar refractivity (Wildman–Crippen MR) is 85.7 cm³/mol. The lowest BCUT2D eigenvalue weighted by Gasteiger charge is -2.27. The van der Waals surface area contributed by atoms with Crippen molar-refractivity contribution in [2.24, 2.45) is 0 Å². The third kappa shape index (κ3) is 4.00. The molecule has 22 heavy (non-hydrogen) atoms. The summed E-state index contributed by atoms with van der Waals surface area (Å²) in [6.07, 6.45) is 3.61. The van der Waals surface area contributed by atoms with Crippen molar-refractivity contribution in [2.45, 2.75) is 52.6 Å². The standard InChI is InChI=1S/C16H28N4O2/c1-5-14(20-8-6-7-9-20)10-17-16(21)19(4)11-15-12(2)18-22-13(15)3/h14H,5-11H2,1-4H3,(H,17,21)/t14-/m0/s1. The summed E-state index contributed by atoms with van der Waals surface area (Å²) >= 11 is 0. The first kappa shape index (κ1) is 16.8. The van der Waals surface area contributed by atoms with E-state index in [9.17, 15) is 4.79 Å². The van der Waals surface area contributed by atoms with Crippen molar-refractivity contribution in [3.8, 4) is 0 Å². The van der Waals surface area contributed by atoms with Gasteiger partial charge in [-0.25, -0.2) is 4.79 Å². The average Bonchev–Trinajstić information content (AvgIpc) is 3.13. The van der Waals surface area contributed by atoms with Crippen molar-refractivity contribution < 1.29 is 9.32 Å². The van der Waals surface area contributed by atoms with Gasteiger partial charge in [0, 0.05) is 25.2 Å². The minimum atomic E-state index is -0.0438. The third-order valence-corrected chi connectivity index (χ3v) is 4.54. The molecule has 1 N–H and O–H groups in total. The van der Waals surface area contributed by atoms with E-state index < -0.39 is 0 Å². The summed E-state index contributed by atoms with van der Waals surface area (Å²) in [6.45, 7) is 9.50. The van der Waals surface area contributed by atoms with Gasteiger partial charge in [-0.3, -0.25) is 4.90 Å². The summed E-state index contributed by atoms with van der Waals surface area (Å²) in [5.74, 6) is 0.778. The fourth-order valence-electron chi connectivity index (χ4n) is 3.02. The molecule has 0 unspecified atom stereocenters. The normalized spacial score (nSPS) is 16.7. The molecule has 1 aliphatic heterocycles. The molecule has 1 atom stereocenters. The molecule has 1 saturated heterocycles. The number of carbonyl (C=O) groups excluding carboxylic acids is 1. The molecule has 0 radical (unpaired) electrons. The Balaban J connectivity index is 1.83. The van der Waals surface area contributed by atoms with Crippen molar-refractivity contribution in [1.29, 1.82) is 0 Å². The van der Waals surface area contributed by atoms with Crippen LogP contribution in [0.25, 0.3) is 0 Å². The van der Waals surface area contributed by atoms with Gasteiger partial charge in [0.2, 0.25) is 0 Å². The van der Waals surface area contributed by atoms with Gasteiger partial charge in [-0.15, -0.1) is 0 Å². The Kier molecular flexibility index (Phi) is 5.83. The average molecular weight is 308 g/mol. The van der Waals surface area contributed by atoms with Gasteiger partial charge in [-0.05, 0) is 46.2 Å². The number of urea groups is 1. The Morgan fingerprint density at radius 3 is 2.64 bits per heavy atom. The van der Waals surface area contributed by atoms with E-state index in [1.165, 1.54) is 12.8 Å². The monoisotopic (exact) mass is 308 g/mol. The Hall–Kier alpha value is -1.56. The van der Waals surface area contributed by atoms with Crippen LogP contribution in [-0.2, 0) is 6.54 Å². The molecule has 0 aromatic carbocycles. The number of nitrogens with zero attached hydrogens (tertiary/aromatic N) is 3. The highest BCUT2D eigenvalue weighted by atomic mass is 16.5. The Morgan fingerprint density at radius 2 is 2.09 bits per heavy atom. The van der Waals surface area contributed by atoms with Crippen LogP contribution in [0.4, 0.5) is 4.79 Å². The lowest BCUT2D eigenvalue weighted by Crippen LogP contribution is -2.45. The maximum atomic E-state index is 12.3. The molecule has 1 aromatic rings. The second-order valence-electron chi connectivity index (χ2n) is 6.15. The Labute approximate surface area is 132 Å². The lowest BCUT2D eigenvalue weighted by molar-refractivity contribution is 0.193. The van der Waals surface area contributed by atoms with Crippen LogP contribution in [0.3, 0.4) is 0 Å². The molecule has 2 rings (SSSR count).